The normalized spacial score (nSPS) is 17.3. The molecule has 7 heteroatoms. The first kappa shape index (κ1) is 22.1. The predicted molar refractivity (Wildman–Crippen MR) is 132 cm³/mol. The van der Waals surface area contributed by atoms with Crippen LogP contribution in [0.5, 0.6) is 0 Å². The van der Waals surface area contributed by atoms with Gasteiger partial charge in [0.2, 0.25) is 0 Å². The predicted octanol–water partition coefficient (Wildman–Crippen LogP) is 6.88. The van der Waals surface area contributed by atoms with Gasteiger partial charge in [0.05, 0.1) is 23.0 Å². The molecule has 0 spiro atoms. The van der Waals surface area contributed by atoms with Gasteiger partial charge < -0.3 is 4.90 Å². The molecule has 2 unspecified atom stereocenters. The molecule has 1 aliphatic rings. The first-order valence-corrected chi connectivity index (χ1v) is 12.0. The summed E-state index contributed by atoms with van der Waals surface area (Å²) in [5, 5.41) is 5.89. The molecule has 5 rings (SSSR count). The van der Waals surface area contributed by atoms with Gasteiger partial charge in [-0.05, 0) is 72.4 Å². The second-order valence-electron chi connectivity index (χ2n) is 8.67. The van der Waals surface area contributed by atoms with Crippen LogP contribution in [0.1, 0.15) is 29.3 Å². The van der Waals surface area contributed by atoms with Crippen LogP contribution in [0.2, 0.25) is 5.02 Å². The van der Waals surface area contributed by atoms with Gasteiger partial charge in [0.15, 0.2) is 0 Å². The number of halogens is 3. The van der Waals surface area contributed by atoms with Crippen molar-refractivity contribution in [2.45, 2.75) is 19.9 Å². The number of rotatable bonds is 6. The fourth-order valence-corrected chi connectivity index (χ4v) is 4.94. The Labute approximate surface area is 205 Å². The van der Waals surface area contributed by atoms with Gasteiger partial charge in [-0.1, -0.05) is 46.6 Å². The van der Waals surface area contributed by atoms with Crippen LogP contribution in [0.3, 0.4) is 0 Å². The largest absolute Gasteiger partial charge is 0.334 e. The molecule has 33 heavy (non-hydrogen) atoms. The maximum atomic E-state index is 13.8. The van der Waals surface area contributed by atoms with Gasteiger partial charge in [-0.15, -0.1) is 0 Å². The first-order chi connectivity index (χ1) is 15.9. The fourth-order valence-electron chi connectivity index (χ4n) is 4.21. The lowest BCUT2D eigenvalue weighted by molar-refractivity contribution is 0.0735. The van der Waals surface area contributed by atoms with Crippen molar-refractivity contribution in [3.05, 3.63) is 93.3 Å². The highest BCUT2D eigenvalue weighted by molar-refractivity contribution is 9.10. The number of carbonyl (C=O) groups excluding carboxylic acids is 1. The van der Waals surface area contributed by atoms with E-state index in [0.717, 1.165) is 33.0 Å². The standard InChI is InChI=1S/C26H22BrClFN3O/c1-16-11-18(16)15-31(14-17-5-6-19(27)12-24(17)28)26(33)22-3-2-4-25-23(22)13-30-32(25)21-9-7-20(29)8-10-21/h2-10,12-13,16,18H,11,14-15H2,1H3. The summed E-state index contributed by atoms with van der Waals surface area (Å²) in [5.41, 5.74) is 3.05. The van der Waals surface area contributed by atoms with E-state index in [-0.39, 0.29) is 11.7 Å². The number of amides is 1. The van der Waals surface area contributed by atoms with Gasteiger partial charge in [-0.3, -0.25) is 4.79 Å². The van der Waals surface area contributed by atoms with E-state index in [2.05, 4.69) is 28.0 Å². The van der Waals surface area contributed by atoms with Crippen molar-refractivity contribution in [2.24, 2.45) is 11.8 Å². The average Bonchev–Trinajstić information content (AvgIpc) is 3.32. The summed E-state index contributed by atoms with van der Waals surface area (Å²) in [5.74, 6) is 0.780. The molecule has 1 aliphatic carbocycles. The Bertz CT molecular complexity index is 1340. The molecule has 1 saturated carbocycles. The van der Waals surface area contributed by atoms with Crippen molar-refractivity contribution >= 4 is 44.3 Å². The number of benzene rings is 3. The van der Waals surface area contributed by atoms with Crippen LogP contribution in [0.25, 0.3) is 16.6 Å². The summed E-state index contributed by atoms with van der Waals surface area (Å²) in [6, 6.07) is 17.5. The number of carbonyl (C=O) groups is 1. The molecule has 4 aromatic rings. The van der Waals surface area contributed by atoms with Crippen molar-refractivity contribution < 1.29 is 9.18 Å². The van der Waals surface area contributed by atoms with E-state index in [9.17, 15) is 9.18 Å². The topological polar surface area (TPSA) is 38.1 Å². The zero-order chi connectivity index (χ0) is 23.1. The monoisotopic (exact) mass is 525 g/mol. The number of fused-ring (bicyclic) bond motifs is 1. The third-order valence-electron chi connectivity index (χ3n) is 6.31. The summed E-state index contributed by atoms with van der Waals surface area (Å²) in [6.07, 6.45) is 2.83. The van der Waals surface area contributed by atoms with Crippen LogP contribution in [-0.4, -0.2) is 27.1 Å². The molecule has 0 N–H and O–H groups in total. The second kappa shape index (κ2) is 8.92. The summed E-state index contributed by atoms with van der Waals surface area (Å²) in [4.78, 5) is 15.7. The third-order valence-corrected chi connectivity index (χ3v) is 7.15. The molecule has 1 heterocycles. The van der Waals surface area contributed by atoms with E-state index in [1.807, 2.05) is 41.3 Å². The first-order valence-electron chi connectivity index (χ1n) is 10.9. The Balaban J connectivity index is 1.50. The number of nitrogens with zero attached hydrogens (tertiary/aromatic N) is 3. The number of aromatic nitrogens is 2. The molecule has 1 amide bonds. The van der Waals surface area contributed by atoms with Crippen LogP contribution < -0.4 is 0 Å². The molecule has 168 valence electrons. The number of hydrogen-bond donors (Lipinski definition) is 0. The van der Waals surface area contributed by atoms with Gasteiger partial charge in [0.25, 0.3) is 5.91 Å². The smallest absolute Gasteiger partial charge is 0.254 e. The van der Waals surface area contributed by atoms with Crippen LogP contribution in [0.4, 0.5) is 4.39 Å². The summed E-state index contributed by atoms with van der Waals surface area (Å²) in [6.45, 7) is 3.35. The molecular weight excluding hydrogens is 505 g/mol. The average molecular weight is 527 g/mol. The second-order valence-corrected chi connectivity index (χ2v) is 9.99. The molecule has 0 saturated heterocycles. The lowest BCUT2D eigenvalue weighted by atomic mass is 10.1. The highest BCUT2D eigenvalue weighted by Gasteiger charge is 2.35. The Kier molecular flexibility index (Phi) is 5.97. The van der Waals surface area contributed by atoms with Crippen LogP contribution in [0, 0.1) is 17.7 Å². The van der Waals surface area contributed by atoms with E-state index in [4.69, 9.17) is 11.6 Å². The summed E-state index contributed by atoms with van der Waals surface area (Å²) in [7, 11) is 0. The molecule has 3 aromatic carbocycles. The maximum absolute atomic E-state index is 13.8. The van der Waals surface area contributed by atoms with Gasteiger partial charge in [0, 0.05) is 28.0 Å². The summed E-state index contributed by atoms with van der Waals surface area (Å²) >= 11 is 9.92. The molecular formula is C26H22BrClFN3O. The van der Waals surface area contributed by atoms with E-state index in [0.29, 0.717) is 35.5 Å². The Hall–Kier alpha value is -2.70. The minimum absolute atomic E-state index is 0.0441. The molecule has 4 nitrogen and oxygen atoms in total. The van der Waals surface area contributed by atoms with Crippen molar-refractivity contribution in [3.63, 3.8) is 0 Å². The third kappa shape index (κ3) is 4.55. The highest BCUT2D eigenvalue weighted by Crippen LogP contribution is 2.39. The molecule has 0 radical (unpaired) electrons. The Morgan fingerprint density at radius 2 is 1.97 bits per heavy atom. The van der Waals surface area contributed by atoms with Crippen molar-refractivity contribution in [3.8, 4) is 5.69 Å². The lowest BCUT2D eigenvalue weighted by Crippen LogP contribution is -2.33. The molecule has 0 bridgehead atoms. The van der Waals surface area contributed by atoms with Gasteiger partial charge in [-0.25, -0.2) is 9.07 Å². The molecule has 1 aromatic heterocycles. The van der Waals surface area contributed by atoms with Gasteiger partial charge >= 0.3 is 0 Å². The van der Waals surface area contributed by atoms with Crippen LogP contribution in [-0.2, 0) is 6.54 Å². The van der Waals surface area contributed by atoms with E-state index in [1.165, 1.54) is 12.1 Å². The minimum atomic E-state index is -0.303. The Morgan fingerprint density at radius 3 is 2.67 bits per heavy atom. The van der Waals surface area contributed by atoms with Crippen molar-refractivity contribution in [2.75, 3.05) is 6.54 Å². The van der Waals surface area contributed by atoms with Gasteiger partial charge in [0.1, 0.15) is 5.82 Å². The molecule has 1 fully saturated rings. The van der Waals surface area contributed by atoms with Crippen LogP contribution in [0.15, 0.2) is 71.3 Å². The van der Waals surface area contributed by atoms with Crippen molar-refractivity contribution in [1.29, 1.82) is 0 Å². The zero-order valence-electron chi connectivity index (χ0n) is 18.0. The quantitative estimate of drug-likeness (QED) is 0.275. The highest BCUT2D eigenvalue weighted by atomic mass is 79.9. The van der Waals surface area contributed by atoms with Crippen molar-refractivity contribution in [1.82, 2.24) is 14.7 Å². The lowest BCUT2D eigenvalue weighted by Gasteiger charge is -2.24. The Morgan fingerprint density at radius 1 is 1.21 bits per heavy atom. The zero-order valence-corrected chi connectivity index (χ0v) is 20.4. The minimum Gasteiger partial charge on any atom is -0.334 e. The van der Waals surface area contributed by atoms with E-state index < -0.39 is 0 Å². The molecule has 0 aliphatic heterocycles. The molecule has 2 atom stereocenters. The van der Waals surface area contributed by atoms with E-state index in [1.54, 1.807) is 23.0 Å². The fraction of sp³-hybridized carbons (Fsp3) is 0.231. The van der Waals surface area contributed by atoms with E-state index >= 15 is 0 Å². The van der Waals surface area contributed by atoms with Crippen LogP contribution >= 0.6 is 27.5 Å². The SMILES string of the molecule is CC1CC1CN(Cc1ccc(Br)cc1Cl)C(=O)c1cccc2c1cnn2-c1ccc(F)cc1. The van der Waals surface area contributed by atoms with Gasteiger partial charge in [-0.2, -0.15) is 5.10 Å². The number of hydrogen-bond acceptors (Lipinski definition) is 2. The maximum Gasteiger partial charge on any atom is 0.254 e. The summed E-state index contributed by atoms with van der Waals surface area (Å²) < 4.78 is 16.0.